The van der Waals surface area contributed by atoms with Crippen molar-refractivity contribution in [3.63, 3.8) is 0 Å². The number of anilines is 2. The molecule has 0 heterocycles. The van der Waals surface area contributed by atoms with Crippen molar-refractivity contribution in [1.29, 1.82) is 0 Å². The molecule has 1 aliphatic rings. The molecule has 2 aromatic rings. The molecule has 0 aromatic heterocycles. The summed E-state index contributed by atoms with van der Waals surface area (Å²) in [6, 6.07) is 11.2. The number of nitrogens with one attached hydrogen (secondary N) is 2. The van der Waals surface area contributed by atoms with Crippen LogP contribution in [0.2, 0.25) is 5.02 Å². The van der Waals surface area contributed by atoms with E-state index in [-0.39, 0.29) is 21.3 Å². The molecule has 0 amide bonds. The lowest BCUT2D eigenvalue weighted by molar-refractivity contribution is 0.443. The van der Waals surface area contributed by atoms with E-state index in [0.717, 1.165) is 19.1 Å². The Hall–Kier alpha value is -1.77. The van der Waals surface area contributed by atoms with Crippen LogP contribution < -0.4 is 9.44 Å². The molecule has 1 fully saturated rings. The quantitative estimate of drug-likeness (QED) is 0.685. The lowest BCUT2D eigenvalue weighted by Gasteiger charge is -2.22. The number of sulfonamides is 2. The zero-order valence-electron chi connectivity index (χ0n) is 15.5. The Labute approximate surface area is 171 Å². The fourth-order valence-corrected chi connectivity index (χ4v) is 5.34. The summed E-state index contributed by atoms with van der Waals surface area (Å²) in [6.07, 6.45) is 7.02. The van der Waals surface area contributed by atoms with Gasteiger partial charge in [-0.1, -0.05) is 43.0 Å². The van der Waals surface area contributed by atoms with Crippen LogP contribution in [0.5, 0.6) is 0 Å². The van der Waals surface area contributed by atoms with Crippen molar-refractivity contribution >= 4 is 43.0 Å². The molecule has 152 valence electrons. The number of benzene rings is 2. The minimum absolute atomic E-state index is 0.0956. The SMILES string of the molecule is CS(=O)(=O)Nc1ccc(NS(=O)(=O)c2ccc(C3CCCCC3)cc2)cc1Cl. The summed E-state index contributed by atoms with van der Waals surface area (Å²) in [7, 11) is -7.25. The van der Waals surface area contributed by atoms with Gasteiger partial charge < -0.3 is 0 Å². The first-order chi connectivity index (χ1) is 13.1. The van der Waals surface area contributed by atoms with Crippen molar-refractivity contribution in [3.05, 3.63) is 53.1 Å². The van der Waals surface area contributed by atoms with Crippen LogP contribution in [-0.4, -0.2) is 23.1 Å². The fraction of sp³-hybridized carbons (Fsp3) is 0.368. The average molecular weight is 443 g/mol. The maximum Gasteiger partial charge on any atom is 0.261 e. The van der Waals surface area contributed by atoms with Crippen molar-refractivity contribution in [1.82, 2.24) is 0 Å². The Bertz CT molecular complexity index is 1050. The van der Waals surface area contributed by atoms with E-state index in [1.165, 1.54) is 43.0 Å². The van der Waals surface area contributed by atoms with Crippen LogP contribution in [0.3, 0.4) is 0 Å². The topological polar surface area (TPSA) is 92.3 Å². The predicted molar refractivity (Wildman–Crippen MR) is 113 cm³/mol. The summed E-state index contributed by atoms with van der Waals surface area (Å²) in [6.45, 7) is 0. The summed E-state index contributed by atoms with van der Waals surface area (Å²) in [5, 5.41) is 0.0956. The molecule has 0 spiro atoms. The summed E-state index contributed by atoms with van der Waals surface area (Å²) in [5.74, 6) is 0.507. The van der Waals surface area contributed by atoms with Crippen molar-refractivity contribution in [2.45, 2.75) is 42.9 Å². The minimum atomic E-state index is -3.77. The van der Waals surface area contributed by atoms with Gasteiger partial charge in [-0.3, -0.25) is 9.44 Å². The largest absolute Gasteiger partial charge is 0.282 e. The van der Waals surface area contributed by atoms with Gasteiger partial charge in [-0.25, -0.2) is 16.8 Å². The summed E-state index contributed by atoms with van der Waals surface area (Å²) in [5.41, 5.74) is 1.61. The Balaban J connectivity index is 1.75. The molecular formula is C19H23ClN2O4S2. The van der Waals surface area contributed by atoms with Gasteiger partial charge in [-0.05, 0) is 54.7 Å². The molecule has 28 heavy (non-hydrogen) atoms. The predicted octanol–water partition coefficient (Wildman–Crippen LogP) is 4.56. The fourth-order valence-electron chi connectivity index (χ4n) is 3.43. The molecule has 6 nitrogen and oxygen atoms in total. The Morgan fingerprint density at radius 3 is 2.11 bits per heavy atom. The molecule has 2 N–H and O–H groups in total. The van der Waals surface area contributed by atoms with E-state index in [4.69, 9.17) is 11.6 Å². The van der Waals surface area contributed by atoms with Crippen LogP contribution in [0, 0.1) is 0 Å². The highest BCUT2D eigenvalue weighted by Gasteiger charge is 2.18. The molecule has 0 saturated heterocycles. The van der Waals surface area contributed by atoms with E-state index < -0.39 is 20.0 Å². The Morgan fingerprint density at radius 2 is 1.54 bits per heavy atom. The first kappa shape index (κ1) is 21.0. The van der Waals surface area contributed by atoms with Gasteiger partial charge >= 0.3 is 0 Å². The van der Waals surface area contributed by atoms with Crippen molar-refractivity contribution < 1.29 is 16.8 Å². The van der Waals surface area contributed by atoms with Gasteiger partial charge in [0.15, 0.2) is 0 Å². The van der Waals surface area contributed by atoms with E-state index in [0.29, 0.717) is 5.92 Å². The minimum Gasteiger partial charge on any atom is -0.282 e. The maximum atomic E-state index is 12.6. The third-order valence-electron chi connectivity index (χ3n) is 4.78. The third-order valence-corrected chi connectivity index (χ3v) is 7.08. The second kappa shape index (κ2) is 8.31. The van der Waals surface area contributed by atoms with E-state index >= 15 is 0 Å². The van der Waals surface area contributed by atoms with E-state index in [1.54, 1.807) is 12.1 Å². The maximum absolute atomic E-state index is 12.6. The average Bonchev–Trinajstić information content (AvgIpc) is 2.64. The summed E-state index contributed by atoms with van der Waals surface area (Å²) >= 11 is 6.06. The first-order valence-electron chi connectivity index (χ1n) is 9.04. The lowest BCUT2D eigenvalue weighted by Crippen LogP contribution is -2.14. The highest BCUT2D eigenvalue weighted by molar-refractivity contribution is 7.92. The second-order valence-electron chi connectivity index (χ2n) is 7.08. The molecule has 0 radical (unpaired) electrons. The number of hydrogen-bond acceptors (Lipinski definition) is 4. The molecule has 1 aliphatic carbocycles. The third kappa shape index (κ3) is 5.40. The van der Waals surface area contributed by atoms with E-state index in [2.05, 4.69) is 9.44 Å². The Kier molecular flexibility index (Phi) is 6.21. The number of hydrogen-bond donors (Lipinski definition) is 2. The van der Waals surface area contributed by atoms with E-state index in [9.17, 15) is 16.8 Å². The number of halogens is 1. The van der Waals surface area contributed by atoms with Crippen LogP contribution in [0.1, 0.15) is 43.6 Å². The highest BCUT2D eigenvalue weighted by Crippen LogP contribution is 2.33. The smallest absolute Gasteiger partial charge is 0.261 e. The van der Waals surface area contributed by atoms with Crippen molar-refractivity contribution in [2.75, 3.05) is 15.7 Å². The molecule has 0 unspecified atom stereocenters. The van der Waals surface area contributed by atoms with Crippen LogP contribution in [0.25, 0.3) is 0 Å². The van der Waals surface area contributed by atoms with Gasteiger partial charge in [0, 0.05) is 0 Å². The molecule has 1 saturated carbocycles. The van der Waals surface area contributed by atoms with Gasteiger partial charge in [0.05, 0.1) is 27.5 Å². The van der Waals surface area contributed by atoms with Gasteiger partial charge in [-0.2, -0.15) is 0 Å². The zero-order valence-corrected chi connectivity index (χ0v) is 17.9. The summed E-state index contributed by atoms with van der Waals surface area (Å²) in [4.78, 5) is 0.168. The van der Waals surface area contributed by atoms with Crippen LogP contribution in [-0.2, 0) is 20.0 Å². The van der Waals surface area contributed by atoms with Gasteiger partial charge in [-0.15, -0.1) is 0 Å². The van der Waals surface area contributed by atoms with Gasteiger partial charge in [0.25, 0.3) is 10.0 Å². The molecule has 0 bridgehead atoms. The molecular weight excluding hydrogens is 420 g/mol. The molecule has 0 aliphatic heterocycles. The standard InChI is InChI=1S/C19H23ClN2O4S2/c1-27(23,24)22-19-12-9-16(13-18(19)20)21-28(25,26)17-10-7-15(8-11-17)14-5-3-2-4-6-14/h7-14,21-22H,2-6H2,1H3. The van der Waals surface area contributed by atoms with Gasteiger partial charge in [0.2, 0.25) is 10.0 Å². The van der Waals surface area contributed by atoms with Gasteiger partial charge in [0.1, 0.15) is 0 Å². The molecule has 2 aromatic carbocycles. The first-order valence-corrected chi connectivity index (χ1v) is 12.8. The van der Waals surface area contributed by atoms with Crippen molar-refractivity contribution in [3.8, 4) is 0 Å². The van der Waals surface area contributed by atoms with Crippen LogP contribution >= 0.6 is 11.6 Å². The van der Waals surface area contributed by atoms with E-state index in [1.807, 2.05) is 12.1 Å². The van der Waals surface area contributed by atoms with Crippen LogP contribution in [0.15, 0.2) is 47.4 Å². The molecule has 9 heteroatoms. The van der Waals surface area contributed by atoms with Crippen molar-refractivity contribution in [2.24, 2.45) is 0 Å². The zero-order chi connectivity index (χ0) is 20.4. The molecule has 3 rings (SSSR count). The lowest BCUT2D eigenvalue weighted by atomic mass is 9.84. The van der Waals surface area contributed by atoms with Crippen LogP contribution in [0.4, 0.5) is 11.4 Å². The number of rotatable bonds is 6. The highest BCUT2D eigenvalue weighted by atomic mass is 35.5. The summed E-state index contributed by atoms with van der Waals surface area (Å²) < 4.78 is 52.7. The molecule has 0 atom stereocenters. The Morgan fingerprint density at radius 1 is 0.893 bits per heavy atom. The second-order valence-corrected chi connectivity index (χ2v) is 10.9. The normalized spacial score (nSPS) is 15.9. The monoisotopic (exact) mass is 442 g/mol.